The first-order valence-corrected chi connectivity index (χ1v) is 5.07. The van der Waals surface area contributed by atoms with E-state index < -0.39 is 29.1 Å². The standard InChI is InChI=1S/C10H8N2O7/c13-9-3-18-7-2-6(12(16)17)8(1-5(7)11-9)19-4-10(14)15/h1-2H,3-4H2,(H,11,13)(H,14,15). The monoisotopic (exact) mass is 268 g/mol. The number of fused-ring (bicyclic) bond motifs is 1. The van der Waals surface area contributed by atoms with Gasteiger partial charge in [-0.15, -0.1) is 0 Å². The van der Waals surface area contributed by atoms with E-state index in [1.54, 1.807) is 0 Å². The van der Waals surface area contributed by atoms with E-state index in [-0.39, 0.29) is 23.8 Å². The van der Waals surface area contributed by atoms with Crippen molar-refractivity contribution < 1.29 is 29.1 Å². The smallest absolute Gasteiger partial charge is 0.341 e. The van der Waals surface area contributed by atoms with Gasteiger partial charge in [-0.05, 0) is 0 Å². The predicted octanol–water partition coefficient (Wildman–Crippen LogP) is 0.389. The van der Waals surface area contributed by atoms with Crippen molar-refractivity contribution in [3.05, 3.63) is 22.2 Å². The molecule has 0 spiro atoms. The van der Waals surface area contributed by atoms with E-state index in [4.69, 9.17) is 14.6 Å². The van der Waals surface area contributed by atoms with Crippen LogP contribution in [0.25, 0.3) is 0 Å². The number of hydrogen-bond donors (Lipinski definition) is 2. The molecule has 0 saturated carbocycles. The summed E-state index contributed by atoms with van der Waals surface area (Å²) in [6, 6.07) is 2.24. The third-order valence-corrected chi connectivity index (χ3v) is 2.24. The first kappa shape index (κ1) is 12.6. The van der Waals surface area contributed by atoms with Gasteiger partial charge in [-0.25, -0.2) is 4.79 Å². The third kappa shape index (κ3) is 2.70. The van der Waals surface area contributed by atoms with Crippen molar-refractivity contribution in [2.45, 2.75) is 0 Å². The van der Waals surface area contributed by atoms with E-state index in [0.29, 0.717) is 0 Å². The third-order valence-electron chi connectivity index (χ3n) is 2.24. The molecule has 9 nitrogen and oxygen atoms in total. The molecule has 0 unspecified atom stereocenters. The summed E-state index contributed by atoms with van der Waals surface area (Å²) >= 11 is 0. The topological polar surface area (TPSA) is 128 Å². The molecule has 0 atom stereocenters. The van der Waals surface area contributed by atoms with Gasteiger partial charge in [0.05, 0.1) is 16.7 Å². The van der Waals surface area contributed by atoms with Crippen molar-refractivity contribution in [2.75, 3.05) is 18.5 Å². The lowest BCUT2D eigenvalue weighted by atomic mass is 10.2. The van der Waals surface area contributed by atoms with Crippen LogP contribution in [0.4, 0.5) is 11.4 Å². The number of carbonyl (C=O) groups excluding carboxylic acids is 1. The largest absolute Gasteiger partial charge is 0.481 e. The zero-order valence-corrected chi connectivity index (χ0v) is 9.41. The number of carbonyl (C=O) groups is 2. The number of nitro groups is 1. The number of benzene rings is 1. The van der Waals surface area contributed by atoms with Gasteiger partial charge in [-0.3, -0.25) is 14.9 Å². The summed E-state index contributed by atoms with van der Waals surface area (Å²) in [5, 5.41) is 21.8. The Kier molecular flexibility index (Phi) is 3.19. The fourth-order valence-corrected chi connectivity index (χ4v) is 1.49. The zero-order chi connectivity index (χ0) is 14.0. The van der Waals surface area contributed by atoms with Gasteiger partial charge in [0, 0.05) is 6.07 Å². The van der Waals surface area contributed by atoms with Gasteiger partial charge in [0.2, 0.25) is 0 Å². The second-order valence-corrected chi connectivity index (χ2v) is 3.59. The highest BCUT2D eigenvalue weighted by Gasteiger charge is 2.25. The minimum Gasteiger partial charge on any atom is -0.481 e. The number of nitrogens with zero attached hydrogens (tertiary/aromatic N) is 1. The van der Waals surface area contributed by atoms with Crippen LogP contribution in [-0.4, -0.2) is 35.1 Å². The molecule has 1 aliphatic heterocycles. The van der Waals surface area contributed by atoms with Gasteiger partial charge in [0.25, 0.3) is 5.91 Å². The fourth-order valence-electron chi connectivity index (χ4n) is 1.49. The van der Waals surface area contributed by atoms with Gasteiger partial charge in [-0.1, -0.05) is 0 Å². The Balaban J connectivity index is 2.39. The second-order valence-electron chi connectivity index (χ2n) is 3.59. The average Bonchev–Trinajstić information content (AvgIpc) is 2.34. The summed E-state index contributed by atoms with van der Waals surface area (Å²) in [5.41, 5.74) is -0.238. The van der Waals surface area contributed by atoms with Crippen molar-refractivity contribution in [3.63, 3.8) is 0 Å². The van der Waals surface area contributed by atoms with Crippen molar-refractivity contribution in [1.82, 2.24) is 0 Å². The predicted molar refractivity (Wildman–Crippen MR) is 60.4 cm³/mol. The Bertz CT molecular complexity index is 569. The van der Waals surface area contributed by atoms with Crippen LogP contribution in [0, 0.1) is 10.1 Å². The van der Waals surface area contributed by atoms with Crippen LogP contribution in [0.15, 0.2) is 12.1 Å². The molecular weight excluding hydrogens is 260 g/mol. The van der Waals surface area contributed by atoms with E-state index in [9.17, 15) is 19.7 Å². The summed E-state index contributed by atoms with van der Waals surface area (Å²) in [5.74, 6) is -1.80. The first-order chi connectivity index (χ1) is 8.97. The summed E-state index contributed by atoms with van der Waals surface area (Å²) in [7, 11) is 0. The molecule has 2 rings (SSSR count). The van der Waals surface area contributed by atoms with Gasteiger partial charge >= 0.3 is 11.7 Å². The lowest BCUT2D eigenvalue weighted by molar-refractivity contribution is -0.385. The molecule has 1 heterocycles. The second kappa shape index (κ2) is 4.80. The number of ether oxygens (including phenoxy) is 2. The molecule has 0 aromatic heterocycles. The quantitative estimate of drug-likeness (QED) is 0.596. The lowest BCUT2D eigenvalue weighted by Gasteiger charge is -2.18. The summed E-state index contributed by atoms with van der Waals surface area (Å²) in [6.45, 7) is -0.964. The van der Waals surface area contributed by atoms with Crippen molar-refractivity contribution in [3.8, 4) is 11.5 Å². The number of rotatable bonds is 4. The summed E-state index contributed by atoms with van der Waals surface area (Å²) in [4.78, 5) is 31.6. The molecule has 0 bridgehead atoms. The zero-order valence-electron chi connectivity index (χ0n) is 9.41. The molecule has 100 valence electrons. The van der Waals surface area contributed by atoms with E-state index in [1.165, 1.54) is 0 Å². The van der Waals surface area contributed by atoms with Crippen LogP contribution in [0.1, 0.15) is 0 Å². The van der Waals surface area contributed by atoms with E-state index >= 15 is 0 Å². The van der Waals surface area contributed by atoms with Crippen LogP contribution in [-0.2, 0) is 9.59 Å². The maximum atomic E-state index is 11.1. The van der Waals surface area contributed by atoms with Gasteiger partial charge in [0.15, 0.2) is 24.7 Å². The number of nitrogens with one attached hydrogen (secondary N) is 1. The lowest BCUT2D eigenvalue weighted by Crippen LogP contribution is -2.25. The Morgan fingerprint density at radius 2 is 2.32 bits per heavy atom. The molecular formula is C10H8N2O7. The van der Waals surface area contributed by atoms with Gasteiger partial charge < -0.3 is 19.9 Å². The molecule has 0 fully saturated rings. The number of anilines is 1. The molecule has 1 aromatic carbocycles. The van der Waals surface area contributed by atoms with Crippen molar-refractivity contribution >= 4 is 23.3 Å². The Morgan fingerprint density at radius 1 is 1.58 bits per heavy atom. The van der Waals surface area contributed by atoms with Crippen LogP contribution >= 0.6 is 0 Å². The number of carboxylic acid groups (broad SMARTS) is 1. The highest BCUT2D eigenvalue weighted by atomic mass is 16.6. The van der Waals surface area contributed by atoms with Crippen LogP contribution in [0.5, 0.6) is 11.5 Å². The van der Waals surface area contributed by atoms with Crippen molar-refractivity contribution in [2.24, 2.45) is 0 Å². The molecule has 0 aliphatic carbocycles. The van der Waals surface area contributed by atoms with Crippen LogP contribution in [0.2, 0.25) is 0 Å². The molecule has 19 heavy (non-hydrogen) atoms. The SMILES string of the molecule is O=C(O)COc1cc2c(cc1[N+](=O)[O-])OCC(=O)N2. The molecule has 0 saturated heterocycles. The molecule has 9 heteroatoms. The highest BCUT2D eigenvalue weighted by molar-refractivity contribution is 5.96. The fraction of sp³-hybridized carbons (Fsp3) is 0.200. The van der Waals surface area contributed by atoms with E-state index in [1.807, 2.05) is 0 Å². The number of carboxylic acids is 1. The number of amides is 1. The Labute approximate surface area is 105 Å². The van der Waals surface area contributed by atoms with Crippen molar-refractivity contribution in [1.29, 1.82) is 0 Å². The first-order valence-electron chi connectivity index (χ1n) is 5.07. The molecule has 2 N–H and O–H groups in total. The van der Waals surface area contributed by atoms with E-state index in [2.05, 4.69) is 5.32 Å². The van der Waals surface area contributed by atoms with Gasteiger partial charge in [0.1, 0.15) is 0 Å². The number of nitro benzene ring substituents is 1. The normalized spacial score (nSPS) is 12.9. The minimum absolute atomic E-state index is 0.133. The average molecular weight is 268 g/mol. The molecule has 1 aromatic rings. The summed E-state index contributed by atoms with van der Waals surface area (Å²) in [6.07, 6.45) is 0. The summed E-state index contributed by atoms with van der Waals surface area (Å²) < 4.78 is 9.83. The molecule has 1 amide bonds. The minimum atomic E-state index is -1.27. The number of aliphatic carboxylic acids is 1. The number of hydrogen-bond acceptors (Lipinski definition) is 6. The Morgan fingerprint density at radius 3 is 2.95 bits per heavy atom. The Hall–Kier alpha value is -2.84. The maximum absolute atomic E-state index is 11.1. The maximum Gasteiger partial charge on any atom is 0.341 e. The highest BCUT2D eigenvalue weighted by Crippen LogP contribution is 2.39. The molecule has 0 radical (unpaired) electrons. The van der Waals surface area contributed by atoms with Gasteiger partial charge in [-0.2, -0.15) is 0 Å². The van der Waals surface area contributed by atoms with E-state index in [0.717, 1.165) is 12.1 Å². The van der Waals surface area contributed by atoms with Crippen LogP contribution in [0.3, 0.4) is 0 Å². The molecule has 1 aliphatic rings. The van der Waals surface area contributed by atoms with Crippen LogP contribution < -0.4 is 14.8 Å².